The first-order valence-electron chi connectivity index (χ1n) is 10.5. The highest BCUT2D eigenvalue weighted by Gasteiger charge is 2.36. The van der Waals surface area contributed by atoms with Gasteiger partial charge in [0.1, 0.15) is 11.3 Å². The van der Waals surface area contributed by atoms with Crippen molar-refractivity contribution in [3.8, 4) is 0 Å². The Hall–Kier alpha value is -2.75. The van der Waals surface area contributed by atoms with Gasteiger partial charge in [0.15, 0.2) is 5.69 Å². The Morgan fingerprint density at radius 1 is 1.27 bits per heavy atom. The fourth-order valence-corrected chi connectivity index (χ4v) is 4.34. The van der Waals surface area contributed by atoms with Crippen molar-refractivity contribution in [3.63, 3.8) is 0 Å². The Labute approximate surface area is 174 Å². The normalized spacial score (nSPS) is 19.2. The van der Waals surface area contributed by atoms with Crippen molar-refractivity contribution in [2.24, 2.45) is 0 Å². The third-order valence-electron chi connectivity index (χ3n) is 6.15. The third kappa shape index (κ3) is 4.23. The number of nitrogens with one attached hydrogen (secondary N) is 1. The van der Waals surface area contributed by atoms with E-state index in [2.05, 4.69) is 20.8 Å². The van der Waals surface area contributed by atoms with Crippen LogP contribution in [0.2, 0.25) is 0 Å². The first-order valence-corrected chi connectivity index (χ1v) is 10.5. The summed E-state index contributed by atoms with van der Waals surface area (Å²) in [6.45, 7) is 4.53. The molecule has 4 rings (SSSR count). The molecule has 3 heterocycles. The number of hydrogen-bond acceptors (Lipinski definition) is 7. The van der Waals surface area contributed by atoms with Crippen LogP contribution in [0.3, 0.4) is 0 Å². The molecular weight excluding hydrogens is 388 g/mol. The Balaban J connectivity index is 1.33. The number of aliphatic hydroxyl groups is 1. The Bertz CT molecular complexity index is 902. The van der Waals surface area contributed by atoms with E-state index >= 15 is 0 Å². The van der Waals surface area contributed by atoms with Crippen LogP contribution < -0.4 is 5.32 Å². The summed E-state index contributed by atoms with van der Waals surface area (Å²) < 4.78 is 6.60. The SMILES string of the molecule is Cc1noc(C)c1C(=O)N1CCC(O)(Cn2cc(C(=O)NC3CCCC3)nn2)CC1. The van der Waals surface area contributed by atoms with Crippen LogP contribution in [0.25, 0.3) is 0 Å². The van der Waals surface area contributed by atoms with Crippen molar-refractivity contribution in [3.05, 3.63) is 28.9 Å². The highest BCUT2D eigenvalue weighted by atomic mass is 16.5. The van der Waals surface area contributed by atoms with Crippen molar-refractivity contribution < 1.29 is 19.2 Å². The summed E-state index contributed by atoms with van der Waals surface area (Å²) in [4.78, 5) is 26.8. The maximum absolute atomic E-state index is 12.8. The Morgan fingerprint density at radius 2 is 1.97 bits per heavy atom. The summed E-state index contributed by atoms with van der Waals surface area (Å²) in [5.41, 5.74) is 0.318. The first-order chi connectivity index (χ1) is 14.3. The summed E-state index contributed by atoms with van der Waals surface area (Å²) in [6, 6.07) is 0.214. The minimum atomic E-state index is -1.01. The van der Waals surface area contributed by atoms with Gasteiger partial charge in [-0.15, -0.1) is 5.10 Å². The third-order valence-corrected chi connectivity index (χ3v) is 6.15. The number of likely N-dealkylation sites (tertiary alicyclic amines) is 1. The van der Waals surface area contributed by atoms with Crippen LogP contribution in [0, 0.1) is 13.8 Å². The van der Waals surface area contributed by atoms with Crippen LogP contribution in [0.4, 0.5) is 0 Å². The fraction of sp³-hybridized carbons (Fsp3) is 0.650. The van der Waals surface area contributed by atoms with Gasteiger partial charge in [0, 0.05) is 19.1 Å². The second-order valence-corrected chi connectivity index (χ2v) is 8.47. The largest absolute Gasteiger partial charge is 0.388 e. The molecule has 2 fully saturated rings. The molecular formula is C20H28N6O4. The molecule has 30 heavy (non-hydrogen) atoms. The number of carbonyl (C=O) groups excluding carboxylic acids is 2. The summed E-state index contributed by atoms with van der Waals surface area (Å²) in [6.07, 6.45) is 6.67. The van der Waals surface area contributed by atoms with Crippen molar-refractivity contribution in [2.45, 2.75) is 70.6 Å². The van der Waals surface area contributed by atoms with Gasteiger partial charge < -0.3 is 19.8 Å². The van der Waals surface area contributed by atoms with Gasteiger partial charge in [-0.3, -0.25) is 9.59 Å². The highest BCUT2D eigenvalue weighted by Crippen LogP contribution is 2.26. The van der Waals surface area contributed by atoms with E-state index in [1.54, 1.807) is 24.9 Å². The average molecular weight is 416 g/mol. The average Bonchev–Trinajstić information content (AvgIpc) is 3.44. The molecule has 0 aromatic carbocycles. The van der Waals surface area contributed by atoms with E-state index in [1.807, 2.05) is 0 Å². The summed E-state index contributed by atoms with van der Waals surface area (Å²) in [7, 11) is 0. The monoisotopic (exact) mass is 416 g/mol. The summed E-state index contributed by atoms with van der Waals surface area (Å²) in [5, 5.41) is 25.8. The van der Waals surface area contributed by atoms with Crippen molar-refractivity contribution in [2.75, 3.05) is 13.1 Å². The van der Waals surface area contributed by atoms with Crippen LogP contribution >= 0.6 is 0 Å². The molecule has 10 nitrogen and oxygen atoms in total. The zero-order valence-corrected chi connectivity index (χ0v) is 17.4. The lowest BCUT2D eigenvalue weighted by atomic mass is 9.91. The molecule has 1 saturated heterocycles. The number of hydrogen-bond donors (Lipinski definition) is 2. The smallest absolute Gasteiger partial charge is 0.273 e. The van der Waals surface area contributed by atoms with Crippen LogP contribution in [0.15, 0.2) is 10.7 Å². The molecule has 2 aromatic rings. The molecule has 0 spiro atoms. The van der Waals surface area contributed by atoms with Crippen LogP contribution in [-0.2, 0) is 6.54 Å². The molecule has 10 heteroatoms. The topological polar surface area (TPSA) is 126 Å². The van der Waals surface area contributed by atoms with E-state index in [-0.39, 0.29) is 30.1 Å². The van der Waals surface area contributed by atoms with E-state index in [9.17, 15) is 14.7 Å². The highest BCUT2D eigenvalue weighted by molar-refractivity contribution is 5.96. The summed E-state index contributed by atoms with van der Waals surface area (Å²) in [5.74, 6) is 0.157. The number of piperidine rings is 1. The Kier molecular flexibility index (Phi) is 5.59. The van der Waals surface area contributed by atoms with Crippen molar-refractivity contribution in [1.29, 1.82) is 0 Å². The molecule has 0 radical (unpaired) electrons. The maximum Gasteiger partial charge on any atom is 0.273 e. The number of nitrogens with zero attached hydrogens (tertiary/aromatic N) is 5. The van der Waals surface area contributed by atoms with Gasteiger partial charge in [0.25, 0.3) is 11.8 Å². The van der Waals surface area contributed by atoms with E-state index in [4.69, 9.17) is 4.52 Å². The molecule has 1 aliphatic carbocycles. The number of rotatable bonds is 5. The molecule has 2 aromatic heterocycles. The molecule has 1 saturated carbocycles. The lowest BCUT2D eigenvalue weighted by Crippen LogP contribution is -2.48. The zero-order valence-electron chi connectivity index (χ0n) is 17.4. The predicted octanol–water partition coefficient (Wildman–Crippen LogP) is 1.22. The minimum absolute atomic E-state index is 0.125. The number of carbonyl (C=O) groups is 2. The number of aromatic nitrogens is 4. The van der Waals surface area contributed by atoms with Gasteiger partial charge in [0.05, 0.1) is 24.0 Å². The van der Waals surface area contributed by atoms with Crippen LogP contribution in [-0.4, -0.2) is 66.7 Å². The van der Waals surface area contributed by atoms with Gasteiger partial charge in [-0.05, 0) is 39.5 Å². The van der Waals surface area contributed by atoms with Gasteiger partial charge in [0.2, 0.25) is 0 Å². The lowest BCUT2D eigenvalue weighted by molar-refractivity contribution is -0.0318. The minimum Gasteiger partial charge on any atom is -0.388 e. The van der Waals surface area contributed by atoms with E-state index in [0.717, 1.165) is 25.7 Å². The van der Waals surface area contributed by atoms with E-state index < -0.39 is 5.60 Å². The van der Waals surface area contributed by atoms with Gasteiger partial charge in [-0.2, -0.15) is 0 Å². The Morgan fingerprint density at radius 3 is 2.60 bits per heavy atom. The molecule has 2 N–H and O–H groups in total. The van der Waals surface area contributed by atoms with Gasteiger partial charge >= 0.3 is 0 Å². The maximum atomic E-state index is 12.8. The standard InChI is InChI=1S/C20H28N6O4/c1-13-17(14(2)30-23-13)19(28)25-9-7-20(29,8-10-25)12-26-11-16(22-24-26)18(27)21-15-5-3-4-6-15/h11,15,29H,3-10,12H2,1-2H3,(H,21,27). The zero-order chi connectivity index (χ0) is 21.3. The van der Waals surface area contributed by atoms with E-state index in [0.29, 0.717) is 42.9 Å². The van der Waals surface area contributed by atoms with Crippen LogP contribution in [0.5, 0.6) is 0 Å². The van der Waals surface area contributed by atoms with Gasteiger partial charge in [-0.1, -0.05) is 23.2 Å². The van der Waals surface area contributed by atoms with Crippen molar-refractivity contribution in [1.82, 2.24) is 30.4 Å². The predicted molar refractivity (Wildman–Crippen MR) is 106 cm³/mol. The second-order valence-electron chi connectivity index (χ2n) is 8.47. The molecule has 0 bridgehead atoms. The van der Waals surface area contributed by atoms with E-state index in [1.165, 1.54) is 4.68 Å². The molecule has 2 aliphatic rings. The molecule has 0 atom stereocenters. The summed E-state index contributed by atoms with van der Waals surface area (Å²) >= 11 is 0. The van der Waals surface area contributed by atoms with Crippen molar-refractivity contribution >= 4 is 11.8 Å². The molecule has 1 aliphatic heterocycles. The fourth-order valence-electron chi connectivity index (χ4n) is 4.34. The molecule has 162 valence electrons. The van der Waals surface area contributed by atoms with Crippen LogP contribution in [0.1, 0.15) is 70.8 Å². The molecule has 0 unspecified atom stereocenters. The second kappa shape index (κ2) is 8.17. The number of aryl methyl sites for hydroxylation is 2. The molecule has 2 amide bonds. The lowest BCUT2D eigenvalue weighted by Gasteiger charge is -2.37. The van der Waals surface area contributed by atoms with Gasteiger partial charge in [-0.25, -0.2) is 4.68 Å². The quantitative estimate of drug-likeness (QED) is 0.750. The first kappa shape index (κ1) is 20.5. The number of amides is 2.